The summed E-state index contributed by atoms with van der Waals surface area (Å²) in [7, 11) is 3.39. The van der Waals surface area contributed by atoms with Crippen molar-refractivity contribution in [2.45, 2.75) is 0 Å². The van der Waals surface area contributed by atoms with Gasteiger partial charge in [0.1, 0.15) is 5.75 Å². The van der Waals surface area contributed by atoms with Gasteiger partial charge >= 0.3 is 0 Å². The van der Waals surface area contributed by atoms with Gasteiger partial charge in [-0.05, 0) is 59.8 Å². The van der Waals surface area contributed by atoms with Crippen LogP contribution in [0.15, 0.2) is 58.4 Å². The number of carbonyl (C=O) groups excluding carboxylic acids is 1. The van der Waals surface area contributed by atoms with Crippen molar-refractivity contribution in [3.63, 3.8) is 0 Å². The van der Waals surface area contributed by atoms with Crippen molar-refractivity contribution >= 4 is 40.3 Å². The summed E-state index contributed by atoms with van der Waals surface area (Å²) in [5.74, 6) is 0.743. The zero-order valence-corrected chi connectivity index (χ0v) is 17.3. The van der Waals surface area contributed by atoms with Crippen LogP contribution >= 0.6 is 11.8 Å². The second kappa shape index (κ2) is 8.71. The van der Waals surface area contributed by atoms with E-state index in [9.17, 15) is 4.79 Å². The zero-order valence-electron chi connectivity index (χ0n) is 16.5. The molecule has 2 aliphatic heterocycles. The number of anilines is 1. The maximum absolute atomic E-state index is 12.6. The van der Waals surface area contributed by atoms with Crippen molar-refractivity contribution in [3.05, 3.63) is 59.0 Å². The second-order valence-corrected chi connectivity index (χ2v) is 7.77. The van der Waals surface area contributed by atoms with E-state index in [1.165, 1.54) is 17.4 Å². The molecule has 0 bridgehead atoms. The summed E-state index contributed by atoms with van der Waals surface area (Å²) in [6, 6.07) is 15.7. The third kappa shape index (κ3) is 4.46. The lowest BCUT2D eigenvalue weighted by Crippen LogP contribution is -2.36. The van der Waals surface area contributed by atoms with E-state index in [0.29, 0.717) is 10.1 Å². The summed E-state index contributed by atoms with van der Waals surface area (Å²) in [4.78, 5) is 21.8. The SMILES string of the molecule is COc1ccc(C=C2SC(=Nc3ccc(N4CCOCC4)cc3)N(C)C2=O)cc1. The van der Waals surface area contributed by atoms with E-state index < -0.39 is 0 Å². The number of methoxy groups -OCH3 is 1. The minimum absolute atomic E-state index is 0.0468. The molecule has 0 atom stereocenters. The lowest BCUT2D eigenvalue weighted by molar-refractivity contribution is -0.121. The molecule has 4 rings (SSSR count). The molecule has 2 aromatic rings. The van der Waals surface area contributed by atoms with Crippen LogP contribution in [0.25, 0.3) is 6.08 Å². The number of hydrogen-bond acceptors (Lipinski definition) is 6. The van der Waals surface area contributed by atoms with Crippen molar-refractivity contribution in [3.8, 4) is 5.75 Å². The van der Waals surface area contributed by atoms with Gasteiger partial charge in [0.15, 0.2) is 5.17 Å². The fourth-order valence-electron chi connectivity index (χ4n) is 3.17. The van der Waals surface area contributed by atoms with Gasteiger partial charge in [0, 0.05) is 25.8 Å². The average Bonchev–Trinajstić information content (AvgIpc) is 3.03. The Kier molecular flexibility index (Phi) is 5.87. The van der Waals surface area contributed by atoms with Crippen LogP contribution in [-0.4, -0.2) is 56.4 Å². The molecule has 0 unspecified atom stereocenters. The molecular formula is C22H23N3O3S. The predicted molar refractivity (Wildman–Crippen MR) is 118 cm³/mol. The van der Waals surface area contributed by atoms with Crippen molar-refractivity contribution in [1.82, 2.24) is 4.90 Å². The molecule has 2 aliphatic rings. The number of ether oxygens (including phenoxy) is 2. The summed E-state index contributed by atoms with van der Waals surface area (Å²) in [6.07, 6.45) is 1.88. The molecule has 0 aromatic heterocycles. The lowest BCUT2D eigenvalue weighted by Gasteiger charge is -2.28. The Morgan fingerprint density at radius 2 is 1.76 bits per heavy atom. The number of nitrogens with zero attached hydrogens (tertiary/aromatic N) is 3. The molecule has 0 spiro atoms. The fourth-order valence-corrected chi connectivity index (χ4v) is 4.16. The lowest BCUT2D eigenvalue weighted by atomic mass is 10.2. The number of likely N-dealkylation sites (N-methyl/N-ethyl adjacent to an activating group) is 1. The molecular weight excluding hydrogens is 386 g/mol. The Morgan fingerprint density at radius 3 is 2.41 bits per heavy atom. The Bertz CT molecular complexity index is 933. The van der Waals surface area contributed by atoms with E-state index in [4.69, 9.17) is 9.47 Å². The van der Waals surface area contributed by atoms with Crippen molar-refractivity contribution in [2.75, 3.05) is 45.4 Å². The van der Waals surface area contributed by atoms with Crippen LogP contribution in [0.1, 0.15) is 5.56 Å². The molecule has 7 heteroatoms. The van der Waals surface area contributed by atoms with E-state index in [2.05, 4.69) is 22.0 Å². The summed E-state index contributed by atoms with van der Waals surface area (Å²) < 4.78 is 10.6. The van der Waals surface area contributed by atoms with E-state index in [-0.39, 0.29) is 5.91 Å². The number of carbonyl (C=O) groups is 1. The summed E-state index contributed by atoms with van der Waals surface area (Å²) in [5, 5.41) is 0.675. The van der Waals surface area contributed by atoms with Gasteiger partial charge in [-0.3, -0.25) is 9.69 Å². The highest BCUT2D eigenvalue weighted by atomic mass is 32.2. The Morgan fingerprint density at radius 1 is 1.07 bits per heavy atom. The number of aliphatic imine (C=N–C) groups is 1. The number of amides is 1. The van der Waals surface area contributed by atoms with Crippen LogP contribution in [-0.2, 0) is 9.53 Å². The van der Waals surface area contributed by atoms with Gasteiger partial charge in [0.05, 0.1) is 30.9 Å². The average molecular weight is 410 g/mol. The van der Waals surface area contributed by atoms with Crippen LogP contribution in [0.5, 0.6) is 5.75 Å². The first-order chi connectivity index (χ1) is 14.1. The molecule has 2 aromatic carbocycles. The van der Waals surface area contributed by atoms with E-state index in [0.717, 1.165) is 43.3 Å². The molecule has 2 saturated heterocycles. The van der Waals surface area contributed by atoms with Crippen LogP contribution in [0, 0.1) is 0 Å². The Balaban J connectivity index is 1.50. The van der Waals surface area contributed by atoms with Crippen LogP contribution in [0.4, 0.5) is 11.4 Å². The molecule has 6 nitrogen and oxygen atoms in total. The first-order valence-corrected chi connectivity index (χ1v) is 10.3. The third-order valence-corrected chi connectivity index (χ3v) is 5.93. The minimum atomic E-state index is -0.0468. The molecule has 2 fully saturated rings. The highest BCUT2D eigenvalue weighted by molar-refractivity contribution is 8.18. The summed E-state index contributed by atoms with van der Waals surface area (Å²) in [5.41, 5.74) is 2.95. The van der Waals surface area contributed by atoms with Crippen LogP contribution in [0.2, 0.25) is 0 Å². The fraction of sp³-hybridized carbons (Fsp3) is 0.273. The van der Waals surface area contributed by atoms with E-state index >= 15 is 0 Å². The topological polar surface area (TPSA) is 54.4 Å². The first-order valence-electron chi connectivity index (χ1n) is 9.47. The van der Waals surface area contributed by atoms with Gasteiger partial charge in [-0.1, -0.05) is 12.1 Å². The smallest absolute Gasteiger partial charge is 0.266 e. The molecule has 29 heavy (non-hydrogen) atoms. The van der Waals surface area contributed by atoms with Crippen molar-refractivity contribution in [1.29, 1.82) is 0 Å². The van der Waals surface area contributed by atoms with Gasteiger partial charge < -0.3 is 14.4 Å². The van der Waals surface area contributed by atoms with Crippen molar-refractivity contribution < 1.29 is 14.3 Å². The quantitative estimate of drug-likeness (QED) is 0.720. The zero-order chi connectivity index (χ0) is 20.2. The normalized spacial score (nSPS) is 20.0. The molecule has 2 heterocycles. The van der Waals surface area contributed by atoms with Crippen molar-refractivity contribution in [2.24, 2.45) is 4.99 Å². The van der Waals surface area contributed by atoms with Gasteiger partial charge in [0.2, 0.25) is 0 Å². The largest absolute Gasteiger partial charge is 0.497 e. The summed E-state index contributed by atoms with van der Waals surface area (Å²) in [6.45, 7) is 3.33. The monoisotopic (exact) mass is 409 g/mol. The number of thioether (sulfide) groups is 1. The first kappa shape index (κ1) is 19.5. The molecule has 1 amide bonds. The molecule has 150 valence electrons. The number of morpholine rings is 1. The maximum Gasteiger partial charge on any atom is 0.266 e. The number of rotatable bonds is 4. The number of benzene rings is 2. The second-order valence-electron chi connectivity index (χ2n) is 6.76. The number of hydrogen-bond donors (Lipinski definition) is 0. The molecule has 0 aliphatic carbocycles. The van der Waals surface area contributed by atoms with Gasteiger partial charge in [-0.25, -0.2) is 4.99 Å². The molecule has 0 N–H and O–H groups in total. The molecule has 0 saturated carbocycles. The van der Waals surface area contributed by atoms with E-state index in [1.54, 1.807) is 19.1 Å². The highest BCUT2D eigenvalue weighted by Crippen LogP contribution is 2.33. The maximum atomic E-state index is 12.6. The summed E-state index contributed by atoms with van der Waals surface area (Å²) >= 11 is 1.39. The predicted octanol–water partition coefficient (Wildman–Crippen LogP) is 3.77. The highest BCUT2D eigenvalue weighted by Gasteiger charge is 2.30. The third-order valence-electron chi connectivity index (χ3n) is 4.87. The minimum Gasteiger partial charge on any atom is -0.497 e. The van der Waals surface area contributed by atoms with Crippen LogP contribution in [0.3, 0.4) is 0 Å². The van der Waals surface area contributed by atoms with E-state index in [1.807, 2.05) is 42.5 Å². The van der Waals surface area contributed by atoms with Gasteiger partial charge in [-0.2, -0.15) is 0 Å². The Hall–Kier alpha value is -2.77. The number of amidine groups is 1. The Labute approximate surface area is 174 Å². The standard InChI is InChI=1S/C22H23N3O3S/c1-24-21(26)20(15-16-3-9-19(27-2)10-4-16)29-22(24)23-17-5-7-18(8-6-17)25-11-13-28-14-12-25/h3-10,15H,11-14H2,1-2H3. The molecule has 0 radical (unpaired) electrons. The van der Waals surface area contributed by atoms with Crippen LogP contribution < -0.4 is 9.64 Å². The van der Waals surface area contributed by atoms with Gasteiger partial charge in [0.25, 0.3) is 5.91 Å². The van der Waals surface area contributed by atoms with Gasteiger partial charge in [-0.15, -0.1) is 0 Å².